The van der Waals surface area contributed by atoms with E-state index in [1.54, 1.807) is 0 Å². The summed E-state index contributed by atoms with van der Waals surface area (Å²) in [5.41, 5.74) is 0. The van der Waals surface area contributed by atoms with Gasteiger partial charge in [0.05, 0.1) is 12.3 Å². The zero-order valence-corrected chi connectivity index (χ0v) is 13.0. The van der Waals surface area contributed by atoms with Crippen LogP contribution in [0.3, 0.4) is 0 Å². The largest absolute Gasteiger partial charge is 0.497 e. The van der Waals surface area contributed by atoms with Gasteiger partial charge in [-0.2, -0.15) is 0 Å². The molecule has 0 aliphatic carbocycles. The Labute approximate surface area is 127 Å². The molecule has 0 aromatic heterocycles. The number of likely N-dealkylation sites (N-methyl/N-ethyl adjacent to an activating group) is 1. The van der Waals surface area contributed by atoms with E-state index in [2.05, 4.69) is 27.8 Å². The lowest BCUT2D eigenvalue weighted by Gasteiger charge is -2.38. The van der Waals surface area contributed by atoms with E-state index in [0.29, 0.717) is 12.0 Å². The molecule has 3 aliphatic rings. The number of rotatable bonds is 3. The Hall–Kier alpha value is -1.07. The standard InChI is InChI=1S/C16H27N3O2/c1-17-7-4-6-15(17)16(20)19-10-8-18(9-11-19)13-14-5-2-3-12-21-14/h3,12,14-15H,2,4-11,13H2,1H3/t14-,15+/m1/s1. The molecule has 0 aromatic rings. The van der Waals surface area contributed by atoms with Crippen LogP contribution in [0.4, 0.5) is 0 Å². The van der Waals surface area contributed by atoms with Crippen molar-refractivity contribution in [3.8, 4) is 0 Å². The second-order valence-corrected chi connectivity index (χ2v) is 6.47. The molecule has 0 spiro atoms. The highest BCUT2D eigenvalue weighted by molar-refractivity contribution is 5.82. The van der Waals surface area contributed by atoms with Crippen molar-refractivity contribution in [3.05, 3.63) is 12.3 Å². The van der Waals surface area contributed by atoms with E-state index in [4.69, 9.17) is 4.74 Å². The molecule has 2 fully saturated rings. The molecule has 3 rings (SSSR count). The van der Waals surface area contributed by atoms with Gasteiger partial charge < -0.3 is 9.64 Å². The third-order valence-corrected chi connectivity index (χ3v) is 4.97. The molecule has 2 atom stereocenters. The number of amides is 1. The molecule has 0 saturated carbocycles. The van der Waals surface area contributed by atoms with Gasteiger partial charge in [-0.15, -0.1) is 0 Å². The molecule has 3 aliphatic heterocycles. The van der Waals surface area contributed by atoms with Gasteiger partial charge in [0.25, 0.3) is 0 Å². The minimum Gasteiger partial charge on any atom is -0.497 e. The van der Waals surface area contributed by atoms with Crippen molar-refractivity contribution in [2.75, 3.05) is 46.3 Å². The van der Waals surface area contributed by atoms with Gasteiger partial charge in [-0.25, -0.2) is 0 Å². The maximum absolute atomic E-state index is 12.5. The number of piperazine rings is 1. The third-order valence-electron chi connectivity index (χ3n) is 4.97. The van der Waals surface area contributed by atoms with Crippen LogP contribution in [-0.2, 0) is 9.53 Å². The zero-order valence-electron chi connectivity index (χ0n) is 13.0. The monoisotopic (exact) mass is 293 g/mol. The number of carbonyl (C=O) groups excluding carboxylic acids is 1. The van der Waals surface area contributed by atoms with Gasteiger partial charge in [0.1, 0.15) is 6.10 Å². The van der Waals surface area contributed by atoms with Crippen LogP contribution in [0.15, 0.2) is 12.3 Å². The summed E-state index contributed by atoms with van der Waals surface area (Å²) in [6.07, 6.45) is 8.67. The summed E-state index contributed by atoms with van der Waals surface area (Å²) in [4.78, 5) is 19.2. The summed E-state index contributed by atoms with van der Waals surface area (Å²) in [6.45, 7) is 5.74. The maximum atomic E-state index is 12.5. The molecule has 0 radical (unpaired) electrons. The normalized spacial score (nSPS) is 31.4. The number of ether oxygens (including phenoxy) is 1. The zero-order chi connectivity index (χ0) is 14.7. The molecule has 118 valence electrons. The average molecular weight is 293 g/mol. The molecule has 5 heteroatoms. The van der Waals surface area contributed by atoms with Gasteiger partial charge in [-0.1, -0.05) is 0 Å². The summed E-state index contributed by atoms with van der Waals surface area (Å²) >= 11 is 0. The van der Waals surface area contributed by atoms with E-state index >= 15 is 0 Å². The molecular formula is C16H27N3O2. The van der Waals surface area contributed by atoms with Crippen LogP contribution >= 0.6 is 0 Å². The molecule has 0 unspecified atom stereocenters. The fourth-order valence-corrected chi connectivity index (χ4v) is 3.59. The Balaban J connectivity index is 1.44. The van der Waals surface area contributed by atoms with E-state index in [0.717, 1.165) is 65.0 Å². The second kappa shape index (κ2) is 6.79. The minimum atomic E-state index is 0.128. The molecule has 2 saturated heterocycles. The first kappa shape index (κ1) is 14.9. The van der Waals surface area contributed by atoms with Crippen LogP contribution in [0.1, 0.15) is 25.7 Å². The lowest BCUT2D eigenvalue weighted by Crippen LogP contribution is -2.54. The SMILES string of the molecule is CN1CCC[C@H]1C(=O)N1CCN(C[C@H]2CCC=CO2)CC1. The highest BCUT2D eigenvalue weighted by Gasteiger charge is 2.33. The number of carbonyl (C=O) groups is 1. The molecule has 0 bridgehead atoms. The maximum Gasteiger partial charge on any atom is 0.240 e. The number of hydrogen-bond acceptors (Lipinski definition) is 4. The lowest BCUT2D eigenvalue weighted by atomic mass is 10.1. The van der Waals surface area contributed by atoms with Crippen molar-refractivity contribution in [1.82, 2.24) is 14.7 Å². The third kappa shape index (κ3) is 3.58. The second-order valence-electron chi connectivity index (χ2n) is 6.47. The van der Waals surface area contributed by atoms with Gasteiger partial charge in [0, 0.05) is 32.7 Å². The fraction of sp³-hybridized carbons (Fsp3) is 0.812. The van der Waals surface area contributed by atoms with E-state index in [1.807, 2.05) is 6.26 Å². The van der Waals surface area contributed by atoms with Crippen LogP contribution < -0.4 is 0 Å². The van der Waals surface area contributed by atoms with Crippen molar-refractivity contribution in [2.24, 2.45) is 0 Å². The number of likely N-dealkylation sites (tertiary alicyclic amines) is 1. The highest BCUT2D eigenvalue weighted by atomic mass is 16.5. The topological polar surface area (TPSA) is 36.0 Å². The van der Waals surface area contributed by atoms with Gasteiger partial charge in [-0.05, 0) is 45.4 Å². The summed E-state index contributed by atoms with van der Waals surface area (Å²) in [5.74, 6) is 0.339. The van der Waals surface area contributed by atoms with Crippen molar-refractivity contribution in [2.45, 2.75) is 37.8 Å². The lowest BCUT2D eigenvalue weighted by molar-refractivity contribution is -0.137. The number of hydrogen-bond donors (Lipinski definition) is 0. The minimum absolute atomic E-state index is 0.128. The van der Waals surface area contributed by atoms with Crippen LogP contribution in [0.2, 0.25) is 0 Å². The van der Waals surface area contributed by atoms with Crippen molar-refractivity contribution in [3.63, 3.8) is 0 Å². The molecule has 5 nitrogen and oxygen atoms in total. The molecule has 3 heterocycles. The average Bonchev–Trinajstić information content (AvgIpc) is 2.94. The Bertz CT molecular complexity index is 391. The summed E-state index contributed by atoms with van der Waals surface area (Å²) in [5, 5.41) is 0. The van der Waals surface area contributed by atoms with Gasteiger partial charge >= 0.3 is 0 Å². The molecular weight excluding hydrogens is 266 g/mol. The quantitative estimate of drug-likeness (QED) is 0.775. The Morgan fingerprint density at radius 2 is 2.00 bits per heavy atom. The van der Waals surface area contributed by atoms with Crippen LogP contribution in [0.5, 0.6) is 0 Å². The van der Waals surface area contributed by atoms with Crippen LogP contribution in [-0.4, -0.2) is 79.1 Å². The summed E-state index contributed by atoms with van der Waals surface area (Å²) < 4.78 is 5.64. The van der Waals surface area contributed by atoms with Gasteiger partial charge in [0.15, 0.2) is 0 Å². The van der Waals surface area contributed by atoms with Crippen LogP contribution in [0.25, 0.3) is 0 Å². The van der Waals surface area contributed by atoms with Crippen molar-refractivity contribution in [1.29, 1.82) is 0 Å². The smallest absolute Gasteiger partial charge is 0.240 e. The first-order valence-corrected chi connectivity index (χ1v) is 8.26. The van der Waals surface area contributed by atoms with Crippen molar-refractivity contribution < 1.29 is 9.53 Å². The van der Waals surface area contributed by atoms with Crippen LogP contribution in [0, 0.1) is 0 Å². The van der Waals surface area contributed by atoms with E-state index in [9.17, 15) is 4.79 Å². The van der Waals surface area contributed by atoms with E-state index in [-0.39, 0.29) is 6.04 Å². The Kier molecular flexibility index (Phi) is 4.80. The van der Waals surface area contributed by atoms with E-state index < -0.39 is 0 Å². The molecule has 21 heavy (non-hydrogen) atoms. The number of nitrogens with zero attached hydrogens (tertiary/aromatic N) is 3. The van der Waals surface area contributed by atoms with Gasteiger partial charge in [-0.3, -0.25) is 14.6 Å². The Morgan fingerprint density at radius 1 is 1.19 bits per heavy atom. The van der Waals surface area contributed by atoms with Gasteiger partial charge in [0.2, 0.25) is 5.91 Å². The summed E-state index contributed by atoms with van der Waals surface area (Å²) in [6, 6.07) is 0.128. The number of allylic oxidation sites excluding steroid dienone is 1. The summed E-state index contributed by atoms with van der Waals surface area (Å²) in [7, 11) is 2.07. The predicted octanol–water partition coefficient (Wildman–Crippen LogP) is 0.918. The molecule has 0 aromatic carbocycles. The molecule has 0 N–H and O–H groups in total. The molecule has 1 amide bonds. The van der Waals surface area contributed by atoms with Crippen molar-refractivity contribution >= 4 is 5.91 Å². The highest BCUT2D eigenvalue weighted by Crippen LogP contribution is 2.18. The Morgan fingerprint density at radius 3 is 2.62 bits per heavy atom. The van der Waals surface area contributed by atoms with E-state index in [1.165, 1.54) is 0 Å². The predicted molar refractivity (Wildman–Crippen MR) is 81.9 cm³/mol. The first-order valence-electron chi connectivity index (χ1n) is 8.26. The fourth-order valence-electron chi connectivity index (χ4n) is 3.59. The first-order chi connectivity index (χ1) is 10.2.